The molecular formula is C27H33N5O. The molecule has 4 heterocycles. The van der Waals surface area contributed by atoms with Crippen molar-refractivity contribution in [1.29, 1.82) is 0 Å². The molecule has 1 saturated heterocycles. The van der Waals surface area contributed by atoms with Gasteiger partial charge in [0.25, 0.3) is 5.91 Å². The van der Waals surface area contributed by atoms with E-state index in [0.717, 1.165) is 73.0 Å². The topological polar surface area (TPSA) is 54.3 Å². The number of nitrogens with zero attached hydrogens (tertiary/aromatic N) is 5. The largest absolute Gasteiger partial charge is 0.364 e. The van der Waals surface area contributed by atoms with E-state index in [-0.39, 0.29) is 5.91 Å². The monoisotopic (exact) mass is 443 g/mol. The molecule has 0 unspecified atom stereocenters. The van der Waals surface area contributed by atoms with Crippen LogP contribution in [0.4, 0.5) is 5.69 Å². The van der Waals surface area contributed by atoms with Crippen molar-refractivity contribution in [3.05, 3.63) is 65.4 Å². The molecule has 3 aromatic rings. The van der Waals surface area contributed by atoms with Crippen LogP contribution in [0.2, 0.25) is 0 Å². The number of carbonyl (C=O) groups is 1. The van der Waals surface area contributed by atoms with Crippen molar-refractivity contribution >= 4 is 11.6 Å². The van der Waals surface area contributed by atoms with Crippen molar-refractivity contribution < 1.29 is 4.79 Å². The lowest BCUT2D eigenvalue weighted by Crippen LogP contribution is -2.35. The molecule has 1 aromatic carbocycles. The number of hydrogen-bond donors (Lipinski definition) is 0. The van der Waals surface area contributed by atoms with E-state index in [1.807, 2.05) is 29.3 Å². The highest BCUT2D eigenvalue weighted by Crippen LogP contribution is 2.33. The van der Waals surface area contributed by atoms with E-state index >= 15 is 0 Å². The van der Waals surface area contributed by atoms with Crippen molar-refractivity contribution in [3.8, 4) is 11.3 Å². The maximum atomic E-state index is 13.1. The molecule has 33 heavy (non-hydrogen) atoms. The summed E-state index contributed by atoms with van der Waals surface area (Å²) in [6, 6.07) is 12.6. The summed E-state index contributed by atoms with van der Waals surface area (Å²) in [5.74, 6) is 1.52. The first-order valence-corrected chi connectivity index (χ1v) is 12.1. The van der Waals surface area contributed by atoms with Gasteiger partial charge in [0, 0.05) is 48.7 Å². The normalized spacial score (nSPS) is 18.2. The molecule has 6 nitrogen and oxygen atoms in total. The van der Waals surface area contributed by atoms with Gasteiger partial charge in [-0.3, -0.25) is 9.78 Å². The fraction of sp³-hybridized carbons (Fsp3) is 0.444. The van der Waals surface area contributed by atoms with E-state index in [0.29, 0.717) is 12.0 Å². The summed E-state index contributed by atoms with van der Waals surface area (Å²) >= 11 is 0. The number of likely N-dealkylation sites (tertiary alicyclic amines) is 1. The number of carbonyl (C=O) groups excluding carboxylic acids is 1. The maximum absolute atomic E-state index is 13.1. The molecular weight excluding hydrogens is 410 g/mol. The molecule has 2 aliphatic rings. The van der Waals surface area contributed by atoms with Crippen molar-refractivity contribution in [2.75, 3.05) is 18.0 Å². The van der Waals surface area contributed by atoms with Crippen LogP contribution in [-0.2, 0) is 13.1 Å². The van der Waals surface area contributed by atoms with Crippen molar-refractivity contribution in [3.63, 3.8) is 0 Å². The van der Waals surface area contributed by atoms with E-state index in [2.05, 4.69) is 60.3 Å². The molecule has 172 valence electrons. The Kier molecular flexibility index (Phi) is 5.69. The zero-order chi connectivity index (χ0) is 23.1. The molecule has 0 bridgehead atoms. The second kappa shape index (κ2) is 8.65. The Hall–Kier alpha value is -3.15. The molecule has 1 amide bonds. The Balaban J connectivity index is 1.46. The number of pyridine rings is 1. The Labute approximate surface area is 196 Å². The highest BCUT2D eigenvalue weighted by molar-refractivity contribution is 5.95. The molecule has 0 aliphatic carbocycles. The van der Waals surface area contributed by atoms with Crippen LogP contribution in [0.5, 0.6) is 0 Å². The fourth-order valence-corrected chi connectivity index (χ4v) is 5.30. The molecule has 0 saturated carbocycles. The van der Waals surface area contributed by atoms with E-state index in [9.17, 15) is 4.79 Å². The van der Waals surface area contributed by atoms with Gasteiger partial charge in [0.2, 0.25) is 0 Å². The minimum Gasteiger partial charge on any atom is -0.364 e. The molecule has 2 aromatic heterocycles. The summed E-state index contributed by atoms with van der Waals surface area (Å²) in [5, 5.41) is 0. The molecule has 1 atom stereocenters. The van der Waals surface area contributed by atoms with E-state index in [4.69, 9.17) is 4.98 Å². The number of amides is 1. The smallest absolute Gasteiger partial charge is 0.254 e. The summed E-state index contributed by atoms with van der Waals surface area (Å²) in [6.45, 7) is 12.0. The highest BCUT2D eigenvalue weighted by atomic mass is 16.2. The van der Waals surface area contributed by atoms with Crippen molar-refractivity contribution in [1.82, 2.24) is 19.4 Å². The second-order valence-corrected chi connectivity index (χ2v) is 9.66. The van der Waals surface area contributed by atoms with Crippen LogP contribution in [0.3, 0.4) is 0 Å². The van der Waals surface area contributed by atoms with Gasteiger partial charge in [-0.25, -0.2) is 4.98 Å². The number of aryl methyl sites for hydroxylation is 1. The predicted molar refractivity (Wildman–Crippen MR) is 132 cm³/mol. The minimum absolute atomic E-state index is 0.150. The quantitative estimate of drug-likeness (QED) is 0.568. The van der Waals surface area contributed by atoms with Crippen LogP contribution >= 0.6 is 0 Å². The number of aromatic nitrogens is 3. The van der Waals surface area contributed by atoms with Crippen LogP contribution in [0, 0.1) is 6.92 Å². The summed E-state index contributed by atoms with van der Waals surface area (Å²) in [6.07, 6.45) is 4.05. The lowest BCUT2D eigenvalue weighted by atomic mass is 10.00. The zero-order valence-corrected chi connectivity index (χ0v) is 20.1. The molecule has 5 rings (SSSR count). The maximum Gasteiger partial charge on any atom is 0.254 e. The summed E-state index contributed by atoms with van der Waals surface area (Å²) in [5.41, 5.74) is 6.34. The summed E-state index contributed by atoms with van der Waals surface area (Å²) in [7, 11) is 0. The third-order valence-corrected chi connectivity index (χ3v) is 7.11. The Morgan fingerprint density at radius 2 is 1.97 bits per heavy atom. The minimum atomic E-state index is 0.150. The zero-order valence-electron chi connectivity index (χ0n) is 20.1. The number of fused-ring (bicyclic) bond motifs is 1. The van der Waals surface area contributed by atoms with E-state index in [1.165, 1.54) is 5.69 Å². The summed E-state index contributed by atoms with van der Waals surface area (Å²) in [4.78, 5) is 27.1. The predicted octanol–water partition coefficient (Wildman–Crippen LogP) is 5.02. The molecule has 0 N–H and O–H groups in total. The molecule has 1 fully saturated rings. The number of anilines is 1. The van der Waals surface area contributed by atoms with Crippen molar-refractivity contribution in [2.45, 2.75) is 65.6 Å². The van der Waals surface area contributed by atoms with Gasteiger partial charge in [-0.1, -0.05) is 19.9 Å². The standard InChI is InChI=1S/C27H33N5O/c1-18(2)25-23(11-6-12-28-25)26-24-17-30(14-15-32(24)20(4)29-26)22-10-5-9-21(16-22)27(33)31-13-7-8-19(31)3/h5-6,9-12,16,18-19H,7-8,13-15,17H2,1-4H3/t19-/m0/s1. The first-order valence-electron chi connectivity index (χ1n) is 12.1. The average Bonchev–Trinajstić information content (AvgIpc) is 3.41. The number of rotatable bonds is 4. The van der Waals surface area contributed by atoms with Gasteiger partial charge in [0.05, 0.1) is 23.6 Å². The second-order valence-electron chi connectivity index (χ2n) is 9.66. The third-order valence-electron chi connectivity index (χ3n) is 7.11. The molecule has 6 heteroatoms. The van der Waals surface area contributed by atoms with Crippen LogP contribution < -0.4 is 4.90 Å². The van der Waals surface area contributed by atoms with Crippen LogP contribution in [0.15, 0.2) is 42.6 Å². The lowest BCUT2D eigenvalue weighted by Gasteiger charge is -2.32. The van der Waals surface area contributed by atoms with Crippen molar-refractivity contribution in [2.24, 2.45) is 0 Å². The van der Waals surface area contributed by atoms with Crippen LogP contribution in [0.25, 0.3) is 11.3 Å². The highest BCUT2D eigenvalue weighted by Gasteiger charge is 2.28. The number of hydrogen-bond acceptors (Lipinski definition) is 4. The Bertz CT molecular complexity index is 1180. The van der Waals surface area contributed by atoms with Gasteiger partial charge < -0.3 is 14.4 Å². The first kappa shape index (κ1) is 21.7. The van der Waals surface area contributed by atoms with Gasteiger partial charge in [-0.2, -0.15) is 0 Å². The van der Waals surface area contributed by atoms with E-state index < -0.39 is 0 Å². The van der Waals surface area contributed by atoms with Gasteiger partial charge >= 0.3 is 0 Å². The van der Waals surface area contributed by atoms with E-state index in [1.54, 1.807) is 0 Å². The molecule has 0 spiro atoms. The molecule has 2 aliphatic heterocycles. The third kappa shape index (κ3) is 3.92. The van der Waals surface area contributed by atoms with Gasteiger partial charge in [0.1, 0.15) is 5.82 Å². The molecule has 0 radical (unpaired) electrons. The fourth-order valence-electron chi connectivity index (χ4n) is 5.30. The number of benzene rings is 1. The average molecular weight is 444 g/mol. The first-order chi connectivity index (χ1) is 15.9. The van der Waals surface area contributed by atoms with Gasteiger partial charge in [0.15, 0.2) is 0 Å². The Morgan fingerprint density at radius 3 is 2.73 bits per heavy atom. The Morgan fingerprint density at radius 1 is 1.12 bits per heavy atom. The van der Waals surface area contributed by atoms with Gasteiger partial charge in [-0.15, -0.1) is 0 Å². The number of imidazole rings is 1. The summed E-state index contributed by atoms with van der Waals surface area (Å²) < 4.78 is 2.34. The SMILES string of the molecule is Cc1nc(-c2cccnc2C(C)C)c2n1CCN(c1cccc(C(=O)N3CCC[C@@H]3C)c1)C2. The van der Waals surface area contributed by atoms with Gasteiger partial charge in [-0.05, 0) is 62.9 Å². The lowest BCUT2D eigenvalue weighted by molar-refractivity contribution is 0.0747. The van der Waals surface area contributed by atoms with Crippen LogP contribution in [0.1, 0.15) is 67.1 Å². The van der Waals surface area contributed by atoms with Crippen LogP contribution in [-0.4, -0.2) is 44.5 Å².